The predicted molar refractivity (Wildman–Crippen MR) is 120 cm³/mol. The number of carbonyl (C=O) groups excluding carboxylic acids is 1. The summed E-state index contributed by atoms with van der Waals surface area (Å²) in [5, 5.41) is 27.1. The zero-order chi connectivity index (χ0) is 22.1. The Morgan fingerprint density at radius 3 is 2.40 bits per heavy atom. The average Bonchev–Trinajstić information content (AvgIpc) is 2.72. The molecule has 1 amide bonds. The van der Waals surface area contributed by atoms with Crippen LogP contribution in [0.4, 0.5) is 5.69 Å². The molecule has 1 atom stereocenters. The van der Waals surface area contributed by atoms with Gasteiger partial charge < -0.3 is 20.3 Å². The number of aromatic hydroxyl groups is 1. The molecule has 0 heterocycles. The Morgan fingerprint density at radius 2 is 1.80 bits per heavy atom. The molecule has 6 heteroatoms. The molecule has 4 N–H and O–H groups in total. The lowest BCUT2D eigenvalue weighted by Gasteiger charge is -2.31. The standard InChI is InChI=1S/C24H34N2O4/c1-5-7-8-15-30-20-12-9-18(10-13-20)23(28)25-19-11-14-22(27)21(16-19)24(29,6-2)26-17(3)4/h9-14,16-17,26-27,29H,5-8,15H2,1-4H3,(H,25,28). The van der Waals surface area contributed by atoms with Gasteiger partial charge in [0.15, 0.2) is 0 Å². The molecule has 1 unspecified atom stereocenters. The summed E-state index contributed by atoms with van der Waals surface area (Å²) < 4.78 is 5.68. The average molecular weight is 415 g/mol. The molecule has 30 heavy (non-hydrogen) atoms. The number of hydrogen-bond donors (Lipinski definition) is 4. The number of ether oxygens (including phenoxy) is 1. The van der Waals surface area contributed by atoms with Crippen LogP contribution >= 0.6 is 0 Å². The van der Waals surface area contributed by atoms with E-state index in [1.165, 1.54) is 6.07 Å². The van der Waals surface area contributed by atoms with Crippen molar-refractivity contribution in [3.8, 4) is 11.5 Å². The third-order valence-electron chi connectivity index (χ3n) is 4.87. The number of amides is 1. The fourth-order valence-corrected chi connectivity index (χ4v) is 3.24. The fourth-order valence-electron chi connectivity index (χ4n) is 3.24. The first-order valence-corrected chi connectivity index (χ1v) is 10.7. The molecule has 6 nitrogen and oxygen atoms in total. The Labute approximate surface area is 179 Å². The van der Waals surface area contributed by atoms with E-state index >= 15 is 0 Å². The number of benzene rings is 2. The van der Waals surface area contributed by atoms with E-state index < -0.39 is 5.72 Å². The highest BCUT2D eigenvalue weighted by Gasteiger charge is 2.31. The molecule has 164 valence electrons. The lowest BCUT2D eigenvalue weighted by molar-refractivity contribution is -0.0131. The first-order valence-electron chi connectivity index (χ1n) is 10.7. The molecule has 2 aromatic rings. The van der Waals surface area contributed by atoms with Crippen molar-refractivity contribution in [2.75, 3.05) is 11.9 Å². The zero-order valence-electron chi connectivity index (χ0n) is 18.4. The first-order chi connectivity index (χ1) is 14.3. The molecule has 0 saturated carbocycles. The summed E-state index contributed by atoms with van der Waals surface area (Å²) in [4.78, 5) is 12.6. The van der Waals surface area contributed by atoms with Crippen molar-refractivity contribution in [1.29, 1.82) is 0 Å². The second-order valence-corrected chi connectivity index (χ2v) is 7.78. The van der Waals surface area contributed by atoms with Gasteiger partial charge in [-0.05, 0) is 69.2 Å². The minimum atomic E-state index is -1.39. The number of rotatable bonds is 11. The minimum absolute atomic E-state index is 0.00954. The van der Waals surface area contributed by atoms with E-state index in [-0.39, 0.29) is 17.7 Å². The van der Waals surface area contributed by atoms with Gasteiger partial charge in [0.05, 0.1) is 6.61 Å². The molecule has 0 aromatic heterocycles. The monoisotopic (exact) mass is 414 g/mol. The molecule has 0 saturated heterocycles. The molecule has 2 aromatic carbocycles. The molecule has 2 rings (SSSR count). The van der Waals surface area contributed by atoms with Crippen LogP contribution in [0.5, 0.6) is 11.5 Å². The number of nitrogens with one attached hydrogen (secondary N) is 2. The molecule has 0 aliphatic rings. The third kappa shape index (κ3) is 6.47. The highest BCUT2D eigenvalue weighted by Crippen LogP contribution is 2.33. The van der Waals surface area contributed by atoms with Gasteiger partial charge in [-0.1, -0.05) is 26.7 Å². The zero-order valence-corrected chi connectivity index (χ0v) is 18.4. The third-order valence-corrected chi connectivity index (χ3v) is 4.87. The Bertz CT molecular complexity index is 820. The van der Waals surface area contributed by atoms with E-state index in [4.69, 9.17) is 4.74 Å². The first kappa shape index (κ1) is 23.7. The quantitative estimate of drug-likeness (QED) is 0.242. The lowest BCUT2D eigenvalue weighted by atomic mass is 9.97. The highest BCUT2D eigenvalue weighted by atomic mass is 16.5. The number of phenols is 1. The van der Waals surface area contributed by atoms with Crippen molar-refractivity contribution < 1.29 is 19.7 Å². The Kier molecular flexibility index (Phi) is 8.69. The van der Waals surface area contributed by atoms with Crippen LogP contribution in [0.3, 0.4) is 0 Å². The number of carbonyl (C=O) groups is 1. The van der Waals surface area contributed by atoms with Gasteiger partial charge in [-0.15, -0.1) is 0 Å². The van der Waals surface area contributed by atoms with Gasteiger partial charge in [-0.25, -0.2) is 0 Å². The van der Waals surface area contributed by atoms with Crippen LogP contribution in [0.1, 0.15) is 69.3 Å². The second-order valence-electron chi connectivity index (χ2n) is 7.78. The largest absolute Gasteiger partial charge is 0.508 e. The van der Waals surface area contributed by atoms with E-state index in [9.17, 15) is 15.0 Å². The number of unbranched alkanes of at least 4 members (excludes halogenated alkanes) is 2. The molecule has 0 radical (unpaired) electrons. The number of aliphatic hydroxyl groups is 1. The normalized spacial score (nSPS) is 13.1. The highest BCUT2D eigenvalue weighted by molar-refractivity contribution is 6.04. The van der Waals surface area contributed by atoms with Gasteiger partial charge in [0.2, 0.25) is 0 Å². The summed E-state index contributed by atoms with van der Waals surface area (Å²) in [5.41, 5.74) is -0.0792. The molecule has 0 aliphatic carbocycles. The maximum atomic E-state index is 12.6. The van der Waals surface area contributed by atoms with E-state index in [2.05, 4.69) is 17.6 Å². The Hall–Kier alpha value is -2.57. The minimum Gasteiger partial charge on any atom is -0.508 e. The van der Waals surface area contributed by atoms with Crippen molar-refractivity contribution in [1.82, 2.24) is 5.32 Å². The summed E-state index contributed by atoms with van der Waals surface area (Å²) in [6.07, 6.45) is 3.65. The molecular formula is C24H34N2O4. The van der Waals surface area contributed by atoms with Crippen molar-refractivity contribution in [2.24, 2.45) is 0 Å². The van der Waals surface area contributed by atoms with Gasteiger partial charge in [0.25, 0.3) is 5.91 Å². The van der Waals surface area contributed by atoms with Crippen LogP contribution in [0.15, 0.2) is 42.5 Å². The Morgan fingerprint density at radius 1 is 1.10 bits per heavy atom. The van der Waals surface area contributed by atoms with Crippen molar-refractivity contribution >= 4 is 11.6 Å². The fraction of sp³-hybridized carbons (Fsp3) is 0.458. The van der Waals surface area contributed by atoms with E-state index in [0.29, 0.717) is 29.8 Å². The van der Waals surface area contributed by atoms with Crippen molar-refractivity contribution in [3.63, 3.8) is 0 Å². The summed E-state index contributed by atoms with van der Waals surface area (Å²) in [5.74, 6) is 0.429. The van der Waals surface area contributed by atoms with Crippen LogP contribution in [-0.4, -0.2) is 28.8 Å². The van der Waals surface area contributed by atoms with Gasteiger partial charge in [-0.2, -0.15) is 0 Å². The SMILES string of the molecule is CCCCCOc1ccc(C(=O)Nc2ccc(O)c(C(O)(CC)NC(C)C)c2)cc1. The van der Waals surface area contributed by atoms with E-state index in [1.807, 2.05) is 20.8 Å². The van der Waals surface area contributed by atoms with Crippen molar-refractivity contribution in [3.05, 3.63) is 53.6 Å². The van der Waals surface area contributed by atoms with E-state index in [0.717, 1.165) is 25.0 Å². The van der Waals surface area contributed by atoms with Gasteiger partial charge in [0.1, 0.15) is 17.2 Å². The number of phenolic OH excluding ortho intramolecular Hbond substituents is 1. The van der Waals surface area contributed by atoms with E-state index in [1.54, 1.807) is 36.4 Å². The lowest BCUT2D eigenvalue weighted by Crippen LogP contribution is -2.45. The van der Waals surface area contributed by atoms with Gasteiger partial charge in [0, 0.05) is 22.9 Å². The van der Waals surface area contributed by atoms with Crippen LogP contribution < -0.4 is 15.4 Å². The molecular weight excluding hydrogens is 380 g/mol. The van der Waals surface area contributed by atoms with Crippen LogP contribution in [-0.2, 0) is 5.72 Å². The smallest absolute Gasteiger partial charge is 0.255 e. The Balaban J connectivity index is 2.10. The molecule has 0 bridgehead atoms. The summed E-state index contributed by atoms with van der Waals surface area (Å²) >= 11 is 0. The van der Waals surface area contributed by atoms with Crippen molar-refractivity contribution in [2.45, 2.75) is 65.1 Å². The molecule has 0 aliphatic heterocycles. The maximum absolute atomic E-state index is 12.6. The van der Waals surface area contributed by atoms with Crippen LogP contribution in [0.25, 0.3) is 0 Å². The number of anilines is 1. The predicted octanol–water partition coefficient (Wildman–Crippen LogP) is 4.77. The topological polar surface area (TPSA) is 90.8 Å². The number of hydrogen-bond acceptors (Lipinski definition) is 5. The molecule has 0 fully saturated rings. The molecule has 0 spiro atoms. The van der Waals surface area contributed by atoms with Crippen LogP contribution in [0.2, 0.25) is 0 Å². The van der Waals surface area contributed by atoms with Crippen LogP contribution in [0, 0.1) is 0 Å². The summed E-state index contributed by atoms with van der Waals surface area (Å²) in [6.45, 7) is 8.47. The summed E-state index contributed by atoms with van der Waals surface area (Å²) in [7, 11) is 0. The maximum Gasteiger partial charge on any atom is 0.255 e. The van der Waals surface area contributed by atoms with Gasteiger partial charge in [-0.3, -0.25) is 10.1 Å². The van der Waals surface area contributed by atoms with Gasteiger partial charge >= 0.3 is 0 Å². The summed E-state index contributed by atoms with van der Waals surface area (Å²) in [6, 6.07) is 11.7. The second kappa shape index (κ2) is 11.0.